The Labute approximate surface area is 188 Å². The van der Waals surface area contributed by atoms with Crippen molar-refractivity contribution < 1.29 is 4.73 Å². The molecule has 0 radical (unpaired) electrons. The number of hydrazone groups is 1. The molecule has 31 heavy (non-hydrogen) atoms. The number of halogens is 1. The van der Waals surface area contributed by atoms with Gasteiger partial charge in [0.15, 0.2) is 12.4 Å². The van der Waals surface area contributed by atoms with E-state index < -0.39 is 0 Å². The van der Waals surface area contributed by atoms with Crippen LogP contribution in [0.15, 0.2) is 60.0 Å². The maximum atomic E-state index is 11.4. The van der Waals surface area contributed by atoms with Crippen LogP contribution in [0.4, 0.5) is 5.95 Å². The number of aromatic nitrogens is 4. The van der Waals surface area contributed by atoms with E-state index in [1.165, 1.54) is 17.3 Å². The normalized spacial score (nSPS) is 12.9. The van der Waals surface area contributed by atoms with E-state index in [0.717, 1.165) is 44.4 Å². The summed E-state index contributed by atoms with van der Waals surface area (Å²) in [4.78, 5) is 1.27. The lowest BCUT2D eigenvalue weighted by Crippen LogP contribution is -2.25. The van der Waals surface area contributed by atoms with Crippen molar-refractivity contribution in [1.29, 1.82) is 0 Å². The van der Waals surface area contributed by atoms with Crippen molar-refractivity contribution in [2.75, 3.05) is 5.01 Å². The third-order valence-corrected chi connectivity index (χ3v) is 6.67. The van der Waals surface area contributed by atoms with Gasteiger partial charge in [-0.05, 0) is 37.1 Å². The molecule has 3 aromatic heterocycles. The van der Waals surface area contributed by atoms with Crippen molar-refractivity contribution in [3.8, 4) is 5.00 Å². The minimum absolute atomic E-state index is 0.450. The van der Waals surface area contributed by atoms with Gasteiger partial charge in [-0.2, -0.15) is 9.83 Å². The Balaban J connectivity index is 1.71. The minimum atomic E-state index is 0.450. The molecule has 1 aliphatic rings. The molecular formula is C22H19ClN6OS. The molecule has 4 aromatic rings. The van der Waals surface area contributed by atoms with Gasteiger partial charge in [-0.1, -0.05) is 30.7 Å². The molecule has 7 nitrogen and oxygen atoms in total. The van der Waals surface area contributed by atoms with Crippen molar-refractivity contribution in [2.24, 2.45) is 5.10 Å². The number of anilines is 1. The average molecular weight is 451 g/mol. The highest BCUT2D eigenvalue weighted by Crippen LogP contribution is 2.36. The zero-order valence-corrected chi connectivity index (χ0v) is 18.6. The fraction of sp³-hybridized carbons (Fsp3) is 0.182. The van der Waals surface area contributed by atoms with Crippen molar-refractivity contribution in [3.63, 3.8) is 0 Å². The second-order valence-electron chi connectivity index (χ2n) is 7.25. The molecule has 1 aromatic carbocycles. The average Bonchev–Trinajstić information content (AvgIpc) is 3.33. The maximum Gasteiger partial charge on any atom is 0.253 e. The molecule has 0 spiro atoms. The molecule has 0 fully saturated rings. The third-order valence-electron chi connectivity index (χ3n) is 5.15. The van der Waals surface area contributed by atoms with Crippen LogP contribution in [0.1, 0.15) is 34.3 Å². The first-order valence-electron chi connectivity index (χ1n) is 9.88. The lowest BCUT2D eigenvalue weighted by atomic mass is 10.0. The van der Waals surface area contributed by atoms with Crippen LogP contribution < -0.4 is 9.74 Å². The molecule has 0 amide bonds. The van der Waals surface area contributed by atoms with E-state index >= 15 is 0 Å². The highest BCUT2D eigenvalue weighted by atomic mass is 35.5. The molecule has 0 bridgehead atoms. The van der Waals surface area contributed by atoms with Gasteiger partial charge in [0.1, 0.15) is 16.5 Å². The van der Waals surface area contributed by atoms with Gasteiger partial charge in [0.25, 0.3) is 5.95 Å². The van der Waals surface area contributed by atoms with Gasteiger partial charge in [-0.15, -0.1) is 21.5 Å². The topological polar surface area (TPSA) is 73.2 Å². The Morgan fingerprint density at radius 2 is 1.84 bits per heavy atom. The van der Waals surface area contributed by atoms with Gasteiger partial charge in [-0.3, -0.25) is 4.57 Å². The summed E-state index contributed by atoms with van der Waals surface area (Å²) in [5, 5.41) is 28.8. The van der Waals surface area contributed by atoms with Crippen molar-refractivity contribution in [3.05, 3.63) is 92.5 Å². The zero-order valence-electron chi connectivity index (χ0n) is 17.0. The van der Waals surface area contributed by atoms with E-state index in [4.69, 9.17) is 16.7 Å². The number of fused-ring (bicyclic) bond motifs is 3. The first kappa shape index (κ1) is 19.7. The highest BCUT2D eigenvalue weighted by Gasteiger charge is 2.28. The van der Waals surface area contributed by atoms with E-state index in [9.17, 15) is 5.21 Å². The minimum Gasteiger partial charge on any atom is -0.619 e. The van der Waals surface area contributed by atoms with E-state index in [2.05, 4.69) is 27.8 Å². The molecular weight excluding hydrogens is 432 g/mol. The summed E-state index contributed by atoms with van der Waals surface area (Å²) in [6.45, 7) is 4.54. The number of hydrogen-bond acceptors (Lipinski definition) is 6. The predicted molar refractivity (Wildman–Crippen MR) is 122 cm³/mol. The molecule has 9 heteroatoms. The third kappa shape index (κ3) is 3.58. The van der Waals surface area contributed by atoms with E-state index in [1.807, 2.05) is 36.2 Å². The van der Waals surface area contributed by atoms with E-state index in [-0.39, 0.29) is 0 Å². The molecule has 5 rings (SSSR count). The summed E-state index contributed by atoms with van der Waals surface area (Å²) in [5.74, 6) is 1.44. The molecule has 0 atom stereocenters. The van der Waals surface area contributed by atoms with Crippen molar-refractivity contribution in [1.82, 2.24) is 14.8 Å². The van der Waals surface area contributed by atoms with Crippen LogP contribution in [-0.4, -0.2) is 20.5 Å². The SMILES string of the molecule is CCc1cc2c(s1)-n1c(C)nnc1N(Cc1cc[n+]([O-])cc1)N=C2c1ccc(Cl)cc1. The summed E-state index contributed by atoms with van der Waals surface area (Å²) in [5.41, 5.74) is 3.81. The number of aryl methyl sites for hydroxylation is 2. The van der Waals surface area contributed by atoms with Crippen LogP contribution in [0.2, 0.25) is 5.02 Å². The lowest BCUT2D eigenvalue weighted by Gasteiger charge is -2.17. The van der Waals surface area contributed by atoms with Crippen LogP contribution in [0.3, 0.4) is 0 Å². The van der Waals surface area contributed by atoms with Crippen LogP contribution in [0, 0.1) is 12.1 Å². The number of benzene rings is 1. The molecule has 0 saturated heterocycles. The summed E-state index contributed by atoms with van der Waals surface area (Å²) >= 11 is 7.86. The van der Waals surface area contributed by atoms with Gasteiger partial charge >= 0.3 is 0 Å². The molecule has 0 saturated carbocycles. The van der Waals surface area contributed by atoms with Crippen LogP contribution in [0.5, 0.6) is 0 Å². The molecule has 156 valence electrons. The second-order valence-corrected chi connectivity index (χ2v) is 8.80. The number of rotatable bonds is 4. The number of thiophene rings is 1. The van der Waals surface area contributed by atoms with Crippen LogP contribution >= 0.6 is 22.9 Å². The number of hydrogen-bond donors (Lipinski definition) is 0. The molecule has 0 unspecified atom stereocenters. The Bertz CT molecular complexity index is 1280. The second kappa shape index (κ2) is 7.79. The summed E-state index contributed by atoms with van der Waals surface area (Å²) in [6, 6.07) is 13.5. The monoisotopic (exact) mass is 450 g/mol. The van der Waals surface area contributed by atoms with Crippen LogP contribution in [0.25, 0.3) is 5.00 Å². The first-order valence-corrected chi connectivity index (χ1v) is 11.1. The fourth-order valence-corrected chi connectivity index (χ4v) is 4.83. The van der Waals surface area contributed by atoms with Gasteiger partial charge in [-0.25, -0.2) is 5.01 Å². The lowest BCUT2D eigenvalue weighted by molar-refractivity contribution is -0.605. The van der Waals surface area contributed by atoms with Gasteiger partial charge in [0.05, 0.1) is 6.54 Å². The Morgan fingerprint density at radius 3 is 2.55 bits per heavy atom. The predicted octanol–water partition coefficient (Wildman–Crippen LogP) is 4.26. The summed E-state index contributed by atoms with van der Waals surface area (Å²) in [7, 11) is 0. The zero-order chi connectivity index (χ0) is 21.5. The molecule has 0 N–H and O–H groups in total. The van der Waals surface area contributed by atoms with E-state index in [0.29, 0.717) is 17.5 Å². The van der Waals surface area contributed by atoms with Gasteiger partial charge in [0, 0.05) is 33.2 Å². The fourth-order valence-electron chi connectivity index (χ4n) is 3.57. The summed E-state index contributed by atoms with van der Waals surface area (Å²) in [6.07, 6.45) is 3.90. The molecule has 0 aliphatic carbocycles. The first-order chi connectivity index (χ1) is 15.0. The number of pyridine rings is 1. The molecule has 4 heterocycles. The van der Waals surface area contributed by atoms with E-state index in [1.54, 1.807) is 23.5 Å². The maximum absolute atomic E-state index is 11.4. The summed E-state index contributed by atoms with van der Waals surface area (Å²) < 4.78 is 2.83. The smallest absolute Gasteiger partial charge is 0.253 e. The van der Waals surface area contributed by atoms with Gasteiger partial charge in [0.2, 0.25) is 0 Å². The molecule has 1 aliphatic heterocycles. The Hall–Kier alpha value is -3.23. The number of nitrogens with zero attached hydrogens (tertiary/aromatic N) is 6. The van der Waals surface area contributed by atoms with Crippen molar-refractivity contribution >= 4 is 34.6 Å². The highest BCUT2D eigenvalue weighted by molar-refractivity contribution is 7.15. The largest absolute Gasteiger partial charge is 0.619 e. The van der Waals surface area contributed by atoms with Crippen molar-refractivity contribution in [2.45, 2.75) is 26.8 Å². The standard InChI is InChI=1S/C22H19ClN6OS/c1-3-18-12-19-20(16-4-6-17(23)7-5-16)26-28(13-15-8-10-27(30)11-9-15)22-25-24-14(2)29(22)21(19)31-18/h4-12H,3,13H2,1-2H3. The Morgan fingerprint density at radius 1 is 1.10 bits per heavy atom. The quantitative estimate of drug-likeness (QED) is 0.344. The van der Waals surface area contributed by atoms with Gasteiger partial charge < -0.3 is 5.21 Å². The Kier molecular flexibility index (Phi) is 4.95. The van der Waals surface area contributed by atoms with Crippen LogP contribution in [-0.2, 0) is 13.0 Å².